The number of ether oxygens (including phenoxy) is 1. The van der Waals surface area contributed by atoms with Crippen LogP contribution in [0.3, 0.4) is 0 Å². The molecule has 21 heavy (non-hydrogen) atoms. The third kappa shape index (κ3) is 2.55. The van der Waals surface area contributed by atoms with Gasteiger partial charge in [0.25, 0.3) is 0 Å². The number of H-pyrrole nitrogens is 1. The second-order valence-electron chi connectivity index (χ2n) is 5.16. The van der Waals surface area contributed by atoms with Crippen LogP contribution in [0.15, 0.2) is 48.5 Å². The van der Waals surface area contributed by atoms with Gasteiger partial charge >= 0.3 is 0 Å². The summed E-state index contributed by atoms with van der Waals surface area (Å²) in [6.07, 6.45) is 0. The van der Waals surface area contributed by atoms with Gasteiger partial charge in [-0.05, 0) is 49.2 Å². The van der Waals surface area contributed by atoms with Crippen molar-refractivity contribution >= 4 is 0 Å². The van der Waals surface area contributed by atoms with E-state index >= 15 is 0 Å². The third-order valence-electron chi connectivity index (χ3n) is 3.72. The van der Waals surface area contributed by atoms with Crippen molar-refractivity contribution in [3.8, 4) is 28.3 Å². The fourth-order valence-electron chi connectivity index (χ4n) is 2.52. The Morgan fingerprint density at radius 1 is 0.905 bits per heavy atom. The second kappa shape index (κ2) is 5.44. The van der Waals surface area contributed by atoms with Gasteiger partial charge < -0.3 is 4.74 Å². The Balaban J connectivity index is 2.01. The van der Waals surface area contributed by atoms with Crippen molar-refractivity contribution in [2.24, 2.45) is 0 Å². The zero-order valence-electron chi connectivity index (χ0n) is 12.5. The molecule has 3 rings (SSSR count). The van der Waals surface area contributed by atoms with E-state index < -0.39 is 0 Å². The van der Waals surface area contributed by atoms with Crippen LogP contribution in [0.2, 0.25) is 0 Å². The second-order valence-corrected chi connectivity index (χ2v) is 5.16. The molecule has 0 aliphatic rings. The molecule has 0 bridgehead atoms. The normalized spacial score (nSPS) is 10.6. The molecule has 0 fully saturated rings. The molecule has 1 heterocycles. The molecule has 1 N–H and O–H groups in total. The van der Waals surface area contributed by atoms with E-state index in [4.69, 9.17) is 4.74 Å². The highest BCUT2D eigenvalue weighted by atomic mass is 16.5. The molecule has 0 unspecified atom stereocenters. The van der Waals surface area contributed by atoms with Gasteiger partial charge in [0.1, 0.15) is 5.75 Å². The maximum absolute atomic E-state index is 5.25. The van der Waals surface area contributed by atoms with Crippen molar-refractivity contribution in [1.82, 2.24) is 10.2 Å². The van der Waals surface area contributed by atoms with Gasteiger partial charge in [-0.1, -0.05) is 24.3 Å². The molecule has 3 aromatic rings. The molecule has 0 amide bonds. The quantitative estimate of drug-likeness (QED) is 0.772. The zero-order chi connectivity index (χ0) is 14.8. The molecule has 0 aliphatic carbocycles. The highest BCUT2D eigenvalue weighted by Gasteiger charge is 2.09. The molecule has 3 heteroatoms. The molecule has 0 saturated carbocycles. The lowest BCUT2D eigenvalue weighted by Crippen LogP contribution is -1.87. The minimum atomic E-state index is 0.870. The number of nitrogens with one attached hydrogen (secondary N) is 1. The number of aromatic amines is 1. The van der Waals surface area contributed by atoms with E-state index in [1.54, 1.807) is 7.11 Å². The van der Waals surface area contributed by atoms with E-state index in [0.29, 0.717) is 0 Å². The Morgan fingerprint density at radius 2 is 1.71 bits per heavy atom. The Kier molecular flexibility index (Phi) is 3.48. The van der Waals surface area contributed by atoms with Crippen molar-refractivity contribution < 1.29 is 4.74 Å². The fraction of sp³-hybridized carbons (Fsp3) is 0.167. The number of nitrogens with zero attached hydrogens (tertiary/aromatic N) is 1. The Labute approximate surface area is 124 Å². The number of hydrogen-bond donors (Lipinski definition) is 1. The Hall–Kier alpha value is -2.55. The SMILES string of the molecule is COc1ccc(-c2cc(-c3ccccc3C)n[nH]2)c(C)c1. The average Bonchev–Trinajstić information content (AvgIpc) is 2.97. The molecule has 2 aromatic carbocycles. The van der Waals surface area contributed by atoms with Crippen molar-refractivity contribution in [3.05, 3.63) is 59.7 Å². The molecule has 0 saturated heterocycles. The minimum Gasteiger partial charge on any atom is -0.497 e. The predicted molar refractivity (Wildman–Crippen MR) is 85.5 cm³/mol. The van der Waals surface area contributed by atoms with Gasteiger partial charge in [-0.3, -0.25) is 5.10 Å². The summed E-state index contributed by atoms with van der Waals surface area (Å²) < 4.78 is 5.25. The van der Waals surface area contributed by atoms with Crippen LogP contribution in [0, 0.1) is 13.8 Å². The first-order valence-electron chi connectivity index (χ1n) is 6.95. The monoisotopic (exact) mass is 278 g/mol. The van der Waals surface area contributed by atoms with Gasteiger partial charge in [0.15, 0.2) is 0 Å². The van der Waals surface area contributed by atoms with Crippen LogP contribution in [0.1, 0.15) is 11.1 Å². The summed E-state index contributed by atoms with van der Waals surface area (Å²) in [5, 5.41) is 7.59. The van der Waals surface area contributed by atoms with E-state index in [9.17, 15) is 0 Å². The lowest BCUT2D eigenvalue weighted by Gasteiger charge is -2.05. The number of benzene rings is 2. The summed E-state index contributed by atoms with van der Waals surface area (Å²) in [4.78, 5) is 0. The van der Waals surface area contributed by atoms with Crippen LogP contribution in [0.25, 0.3) is 22.5 Å². The standard InChI is InChI=1S/C18H18N2O/c1-12-6-4-5-7-15(12)17-11-18(20-19-17)16-9-8-14(21-3)10-13(16)2/h4-11H,1-3H3,(H,19,20). The first kappa shape index (κ1) is 13.4. The molecular weight excluding hydrogens is 260 g/mol. The first-order valence-corrected chi connectivity index (χ1v) is 6.95. The van der Waals surface area contributed by atoms with Crippen molar-refractivity contribution in [1.29, 1.82) is 0 Å². The number of hydrogen-bond acceptors (Lipinski definition) is 2. The predicted octanol–water partition coefficient (Wildman–Crippen LogP) is 4.37. The number of aromatic nitrogens is 2. The first-order chi connectivity index (χ1) is 10.2. The van der Waals surface area contributed by atoms with Gasteiger partial charge in [0, 0.05) is 11.1 Å². The molecule has 0 atom stereocenters. The molecule has 106 valence electrons. The van der Waals surface area contributed by atoms with Gasteiger partial charge in [0.2, 0.25) is 0 Å². The van der Waals surface area contributed by atoms with Crippen molar-refractivity contribution in [2.45, 2.75) is 13.8 Å². The molecule has 0 aliphatic heterocycles. The summed E-state index contributed by atoms with van der Waals surface area (Å²) >= 11 is 0. The topological polar surface area (TPSA) is 37.9 Å². The molecule has 1 aromatic heterocycles. The van der Waals surface area contributed by atoms with E-state index in [1.165, 1.54) is 5.56 Å². The van der Waals surface area contributed by atoms with Crippen molar-refractivity contribution in [3.63, 3.8) is 0 Å². The summed E-state index contributed by atoms with van der Waals surface area (Å²) in [5.41, 5.74) is 6.68. The summed E-state index contributed by atoms with van der Waals surface area (Å²) in [6, 6.07) is 16.4. The van der Waals surface area contributed by atoms with Crippen molar-refractivity contribution in [2.75, 3.05) is 7.11 Å². The van der Waals surface area contributed by atoms with E-state index in [2.05, 4.69) is 48.3 Å². The summed E-state index contributed by atoms with van der Waals surface area (Å²) in [5.74, 6) is 0.870. The van der Waals surface area contributed by atoms with Crippen LogP contribution >= 0.6 is 0 Å². The van der Waals surface area contributed by atoms with Crippen LogP contribution in [-0.4, -0.2) is 17.3 Å². The molecule has 0 radical (unpaired) electrons. The lowest BCUT2D eigenvalue weighted by molar-refractivity contribution is 0.414. The average molecular weight is 278 g/mol. The Morgan fingerprint density at radius 3 is 2.43 bits per heavy atom. The Bertz CT molecular complexity index is 774. The number of aryl methyl sites for hydroxylation is 2. The van der Waals surface area contributed by atoms with Crippen LogP contribution < -0.4 is 4.74 Å². The van der Waals surface area contributed by atoms with Crippen LogP contribution in [0.4, 0.5) is 0 Å². The van der Waals surface area contributed by atoms with E-state index in [1.807, 2.05) is 24.3 Å². The highest BCUT2D eigenvalue weighted by molar-refractivity contribution is 5.72. The van der Waals surface area contributed by atoms with Crippen LogP contribution in [-0.2, 0) is 0 Å². The van der Waals surface area contributed by atoms with Gasteiger partial charge in [-0.25, -0.2) is 0 Å². The summed E-state index contributed by atoms with van der Waals surface area (Å²) in [6.45, 7) is 4.18. The maximum atomic E-state index is 5.25. The highest BCUT2D eigenvalue weighted by Crippen LogP contribution is 2.29. The fourth-order valence-corrected chi connectivity index (χ4v) is 2.52. The smallest absolute Gasteiger partial charge is 0.119 e. The van der Waals surface area contributed by atoms with E-state index in [0.717, 1.165) is 33.8 Å². The molecule has 0 spiro atoms. The lowest BCUT2D eigenvalue weighted by atomic mass is 10.0. The maximum Gasteiger partial charge on any atom is 0.119 e. The molecule has 3 nitrogen and oxygen atoms in total. The molecular formula is C18H18N2O. The van der Waals surface area contributed by atoms with Gasteiger partial charge in [-0.2, -0.15) is 5.10 Å². The van der Waals surface area contributed by atoms with Crippen LogP contribution in [0.5, 0.6) is 5.75 Å². The zero-order valence-corrected chi connectivity index (χ0v) is 12.5. The third-order valence-corrected chi connectivity index (χ3v) is 3.72. The van der Waals surface area contributed by atoms with Gasteiger partial charge in [0.05, 0.1) is 18.5 Å². The van der Waals surface area contributed by atoms with E-state index in [-0.39, 0.29) is 0 Å². The summed E-state index contributed by atoms with van der Waals surface area (Å²) in [7, 11) is 1.68. The largest absolute Gasteiger partial charge is 0.497 e. The number of rotatable bonds is 3. The minimum absolute atomic E-state index is 0.870. The van der Waals surface area contributed by atoms with Gasteiger partial charge in [-0.15, -0.1) is 0 Å². The number of methoxy groups -OCH3 is 1.